The number of fused-ring (bicyclic) bond motifs is 1. The number of rotatable bonds is 4. The number of para-hydroxylation sites is 1. The first-order chi connectivity index (χ1) is 15.0. The van der Waals surface area contributed by atoms with Gasteiger partial charge in [0.05, 0.1) is 16.7 Å². The summed E-state index contributed by atoms with van der Waals surface area (Å²) >= 11 is 0. The number of halogens is 6. The van der Waals surface area contributed by atoms with Crippen LogP contribution in [0.15, 0.2) is 48.7 Å². The van der Waals surface area contributed by atoms with Gasteiger partial charge < -0.3 is 16.0 Å². The van der Waals surface area contributed by atoms with Gasteiger partial charge in [-0.05, 0) is 48.2 Å². The molecule has 32 heavy (non-hydrogen) atoms. The van der Waals surface area contributed by atoms with Crippen LogP contribution in [0.5, 0.6) is 0 Å². The van der Waals surface area contributed by atoms with Gasteiger partial charge in [0.15, 0.2) is 0 Å². The van der Waals surface area contributed by atoms with Gasteiger partial charge >= 0.3 is 12.4 Å². The molecule has 2 unspecified atom stereocenters. The molecule has 0 bridgehead atoms. The molecule has 1 fully saturated rings. The summed E-state index contributed by atoms with van der Waals surface area (Å²) in [7, 11) is 0. The smallest absolute Gasteiger partial charge is 0.361 e. The zero-order chi connectivity index (χ0) is 23.1. The first-order valence-corrected chi connectivity index (χ1v) is 10.4. The molecule has 0 radical (unpaired) electrons. The molecule has 1 heterocycles. The highest BCUT2D eigenvalue weighted by Crippen LogP contribution is 2.40. The monoisotopic (exact) mass is 455 g/mol. The van der Waals surface area contributed by atoms with Crippen molar-refractivity contribution in [1.29, 1.82) is 0 Å². The molecule has 3 nitrogen and oxygen atoms in total. The number of benzene rings is 2. The molecule has 4 N–H and O–H groups in total. The molecule has 0 spiro atoms. The van der Waals surface area contributed by atoms with Gasteiger partial charge in [-0.25, -0.2) is 0 Å². The van der Waals surface area contributed by atoms with E-state index in [1.807, 2.05) is 30.5 Å². The van der Waals surface area contributed by atoms with Crippen LogP contribution in [-0.4, -0.2) is 11.0 Å². The first kappa shape index (κ1) is 22.7. The molecular weight excluding hydrogens is 432 g/mol. The fourth-order valence-corrected chi connectivity index (χ4v) is 4.62. The molecule has 3 aromatic rings. The normalized spacial score (nSPS) is 22.4. The summed E-state index contributed by atoms with van der Waals surface area (Å²) in [6.45, 7) is -0.154. The third kappa shape index (κ3) is 4.36. The number of alkyl halides is 6. The van der Waals surface area contributed by atoms with Crippen molar-refractivity contribution in [2.75, 3.05) is 0 Å². The highest BCUT2D eigenvalue weighted by Gasteiger charge is 2.41. The molecule has 2 atom stereocenters. The van der Waals surface area contributed by atoms with Crippen LogP contribution in [0.2, 0.25) is 0 Å². The first-order valence-electron chi connectivity index (χ1n) is 10.4. The Kier molecular flexibility index (Phi) is 5.75. The molecule has 2 aromatic carbocycles. The molecule has 9 heteroatoms. The van der Waals surface area contributed by atoms with Crippen molar-refractivity contribution in [3.63, 3.8) is 0 Å². The SMILES string of the molecule is NC1(c2c[nH]c3ccccc23)CCCCC1NCc1cc(C(F)(F)F)cc(C(F)(F)F)c1. The van der Waals surface area contributed by atoms with Crippen LogP contribution >= 0.6 is 0 Å². The Hall–Kier alpha value is -2.52. The minimum Gasteiger partial charge on any atom is -0.361 e. The van der Waals surface area contributed by atoms with Gasteiger partial charge in [-0.3, -0.25) is 0 Å². The molecule has 0 amide bonds. The summed E-state index contributed by atoms with van der Waals surface area (Å²) < 4.78 is 79.1. The van der Waals surface area contributed by atoms with Gasteiger partial charge in [-0.15, -0.1) is 0 Å². The Balaban J connectivity index is 1.63. The van der Waals surface area contributed by atoms with E-state index in [0.29, 0.717) is 12.8 Å². The summed E-state index contributed by atoms with van der Waals surface area (Å²) in [5.41, 5.74) is 5.15. The van der Waals surface area contributed by atoms with Crippen molar-refractivity contribution in [1.82, 2.24) is 10.3 Å². The highest BCUT2D eigenvalue weighted by atomic mass is 19.4. The van der Waals surface area contributed by atoms with E-state index in [9.17, 15) is 26.3 Å². The summed E-state index contributed by atoms with van der Waals surface area (Å²) in [6, 6.07) is 9.02. The van der Waals surface area contributed by atoms with E-state index in [2.05, 4.69) is 10.3 Å². The van der Waals surface area contributed by atoms with Gasteiger partial charge in [0.1, 0.15) is 0 Å². The lowest BCUT2D eigenvalue weighted by Gasteiger charge is -2.42. The molecule has 1 saturated carbocycles. The number of nitrogens with one attached hydrogen (secondary N) is 2. The summed E-state index contributed by atoms with van der Waals surface area (Å²) in [4.78, 5) is 3.20. The van der Waals surface area contributed by atoms with Crippen LogP contribution in [0.3, 0.4) is 0 Å². The molecule has 172 valence electrons. The second-order valence-electron chi connectivity index (χ2n) is 8.38. The molecule has 0 saturated heterocycles. The van der Waals surface area contributed by atoms with Crippen molar-refractivity contribution < 1.29 is 26.3 Å². The third-order valence-corrected chi connectivity index (χ3v) is 6.25. The predicted octanol–water partition coefficient (Wildman–Crippen LogP) is 6.09. The Bertz CT molecular complexity index is 1070. The van der Waals surface area contributed by atoms with Crippen molar-refractivity contribution in [2.24, 2.45) is 5.73 Å². The van der Waals surface area contributed by atoms with E-state index in [4.69, 9.17) is 5.73 Å². The minimum absolute atomic E-state index is 0.0843. The van der Waals surface area contributed by atoms with E-state index >= 15 is 0 Å². The summed E-state index contributed by atoms with van der Waals surface area (Å²) in [6.07, 6.45) is -4.82. The van der Waals surface area contributed by atoms with Crippen molar-refractivity contribution in [2.45, 2.75) is 56.2 Å². The number of hydrogen-bond donors (Lipinski definition) is 3. The highest BCUT2D eigenvalue weighted by molar-refractivity contribution is 5.84. The predicted molar refractivity (Wildman–Crippen MR) is 110 cm³/mol. The lowest BCUT2D eigenvalue weighted by molar-refractivity contribution is -0.143. The number of aromatic amines is 1. The van der Waals surface area contributed by atoms with Crippen LogP contribution in [0.4, 0.5) is 26.3 Å². The fraction of sp³-hybridized carbons (Fsp3) is 0.391. The van der Waals surface area contributed by atoms with Gasteiger partial charge in [-0.1, -0.05) is 31.0 Å². The van der Waals surface area contributed by atoms with Crippen molar-refractivity contribution in [3.8, 4) is 0 Å². The van der Waals surface area contributed by atoms with E-state index in [0.717, 1.165) is 41.4 Å². The third-order valence-electron chi connectivity index (χ3n) is 6.25. The topological polar surface area (TPSA) is 53.8 Å². The van der Waals surface area contributed by atoms with Crippen LogP contribution in [-0.2, 0) is 24.4 Å². The second-order valence-corrected chi connectivity index (χ2v) is 8.38. The lowest BCUT2D eigenvalue weighted by atomic mass is 9.73. The molecule has 0 aliphatic heterocycles. The Morgan fingerprint density at radius 2 is 1.62 bits per heavy atom. The maximum atomic E-state index is 13.2. The van der Waals surface area contributed by atoms with E-state index in [1.165, 1.54) is 0 Å². The molecule has 4 rings (SSSR count). The molecule has 1 aliphatic carbocycles. The Morgan fingerprint density at radius 1 is 0.969 bits per heavy atom. The largest absolute Gasteiger partial charge is 0.416 e. The average molecular weight is 455 g/mol. The number of hydrogen-bond acceptors (Lipinski definition) is 2. The van der Waals surface area contributed by atoms with Crippen molar-refractivity contribution in [3.05, 3.63) is 70.9 Å². The van der Waals surface area contributed by atoms with Gasteiger partial charge in [0, 0.05) is 29.7 Å². The van der Waals surface area contributed by atoms with Crippen LogP contribution in [0.25, 0.3) is 10.9 Å². The molecule has 1 aliphatic rings. The average Bonchev–Trinajstić information content (AvgIpc) is 3.17. The molecular formula is C23H23F6N3. The second kappa shape index (κ2) is 8.12. The fourth-order valence-electron chi connectivity index (χ4n) is 4.62. The number of aromatic nitrogens is 1. The Labute approximate surface area is 181 Å². The van der Waals surface area contributed by atoms with E-state index < -0.39 is 29.0 Å². The standard InChI is InChI=1S/C23H23F6N3/c24-22(25,26)15-9-14(10-16(11-15)23(27,28)29)12-32-20-7-3-4-8-21(20,30)18-13-31-19-6-2-1-5-17(18)19/h1-2,5-6,9-11,13,20,31-32H,3-4,7-8,12,30H2. The van der Waals surface area contributed by atoms with Crippen molar-refractivity contribution >= 4 is 10.9 Å². The maximum absolute atomic E-state index is 13.2. The van der Waals surface area contributed by atoms with Gasteiger partial charge in [0.2, 0.25) is 0 Å². The molecule has 1 aromatic heterocycles. The number of H-pyrrole nitrogens is 1. The minimum atomic E-state index is -4.87. The van der Waals surface area contributed by atoms with Gasteiger partial charge in [0.25, 0.3) is 0 Å². The quantitative estimate of drug-likeness (QED) is 0.417. The van der Waals surface area contributed by atoms with Crippen LogP contribution in [0.1, 0.15) is 47.9 Å². The zero-order valence-corrected chi connectivity index (χ0v) is 17.1. The number of nitrogens with two attached hydrogens (primary N) is 1. The van der Waals surface area contributed by atoms with Crippen LogP contribution in [0, 0.1) is 0 Å². The van der Waals surface area contributed by atoms with Crippen LogP contribution < -0.4 is 11.1 Å². The summed E-state index contributed by atoms with van der Waals surface area (Å²) in [5, 5.41) is 4.13. The summed E-state index contributed by atoms with van der Waals surface area (Å²) in [5.74, 6) is 0. The van der Waals surface area contributed by atoms with E-state index in [1.54, 1.807) is 0 Å². The van der Waals surface area contributed by atoms with Gasteiger partial charge in [-0.2, -0.15) is 26.3 Å². The Morgan fingerprint density at radius 3 is 2.28 bits per heavy atom. The zero-order valence-electron chi connectivity index (χ0n) is 17.1. The maximum Gasteiger partial charge on any atom is 0.416 e. The lowest BCUT2D eigenvalue weighted by Crippen LogP contribution is -2.56. The van der Waals surface area contributed by atoms with E-state index in [-0.39, 0.29) is 24.2 Å².